The van der Waals surface area contributed by atoms with Gasteiger partial charge in [-0.05, 0) is 12.3 Å². The van der Waals surface area contributed by atoms with Crippen LogP contribution in [0.1, 0.15) is 13.3 Å². The van der Waals surface area contributed by atoms with Crippen LogP contribution in [0.25, 0.3) is 0 Å². The van der Waals surface area contributed by atoms with Gasteiger partial charge in [-0.2, -0.15) is 0 Å². The highest BCUT2D eigenvalue weighted by Gasteiger charge is 2.29. The van der Waals surface area contributed by atoms with Crippen molar-refractivity contribution >= 4 is 6.03 Å². The molecule has 1 rings (SSSR count). The predicted octanol–water partition coefficient (Wildman–Crippen LogP) is 1.35. The number of alkyl halides is 1. The summed E-state index contributed by atoms with van der Waals surface area (Å²) in [6, 6.07) is -0.0884. The molecule has 1 aliphatic heterocycles. The fourth-order valence-corrected chi connectivity index (χ4v) is 1.48. The Morgan fingerprint density at radius 1 is 1.54 bits per heavy atom. The van der Waals surface area contributed by atoms with E-state index in [0.717, 1.165) is 6.42 Å². The highest BCUT2D eigenvalue weighted by Crippen LogP contribution is 2.20. The van der Waals surface area contributed by atoms with Gasteiger partial charge in [0.05, 0.1) is 6.54 Å². The smallest absolute Gasteiger partial charge is 0.319 e. The maximum Gasteiger partial charge on any atom is 0.319 e. The van der Waals surface area contributed by atoms with Gasteiger partial charge in [0.1, 0.15) is 6.17 Å². The third kappa shape index (κ3) is 2.32. The summed E-state index contributed by atoms with van der Waals surface area (Å²) >= 11 is 0. The zero-order valence-corrected chi connectivity index (χ0v) is 8.46. The monoisotopic (exact) mass is 188 g/mol. The quantitative estimate of drug-likeness (QED) is 0.563. The van der Waals surface area contributed by atoms with Gasteiger partial charge in [0.2, 0.25) is 0 Å². The largest absolute Gasteiger partial charge is 0.331 e. The van der Waals surface area contributed by atoms with Crippen LogP contribution < -0.4 is 0 Å². The Morgan fingerprint density at radius 3 is 2.62 bits per heavy atom. The zero-order chi connectivity index (χ0) is 10.0. The standard InChI is InChI=1S/C9H17FN2O/c1-7-4-5-12(6-8(7)10)9(13)11(2)3/h7-8H,4-6H2,1-3H3. The summed E-state index contributed by atoms with van der Waals surface area (Å²) in [4.78, 5) is 14.5. The molecular weight excluding hydrogens is 171 g/mol. The molecule has 0 aromatic carbocycles. The minimum absolute atomic E-state index is 0.0884. The van der Waals surface area contributed by atoms with Crippen molar-refractivity contribution in [2.24, 2.45) is 5.92 Å². The molecule has 4 heteroatoms. The topological polar surface area (TPSA) is 23.6 Å². The first-order valence-electron chi connectivity index (χ1n) is 4.62. The summed E-state index contributed by atoms with van der Waals surface area (Å²) in [7, 11) is 3.38. The van der Waals surface area contributed by atoms with Crippen LogP contribution >= 0.6 is 0 Å². The number of piperidine rings is 1. The van der Waals surface area contributed by atoms with Gasteiger partial charge in [0.15, 0.2) is 0 Å². The zero-order valence-electron chi connectivity index (χ0n) is 8.46. The number of carbonyl (C=O) groups excluding carboxylic acids is 1. The lowest BCUT2D eigenvalue weighted by atomic mass is 9.97. The Kier molecular flexibility index (Phi) is 3.12. The fourth-order valence-electron chi connectivity index (χ4n) is 1.48. The lowest BCUT2D eigenvalue weighted by Crippen LogP contribution is -2.48. The minimum atomic E-state index is -0.863. The van der Waals surface area contributed by atoms with Crippen molar-refractivity contribution in [1.29, 1.82) is 0 Å². The second kappa shape index (κ2) is 3.94. The number of carbonyl (C=O) groups is 1. The molecular formula is C9H17FN2O. The van der Waals surface area contributed by atoms with Gasteiger partial charge in [0.25, 0.3) is 0 Å². The minimum Gasteiger partial charge on any atom is -0.331 e. The SMILES string of the molecule is CC1CCN(C(=O)N(C)C)CC1F. The summed E-state index contributed by atoms with van der Waals surface area (Å²) in [6.45, 7) is 2.82. The van der Waals surface area contributed by atoms with Crippen LogP contribution in [0, 0.1) is 5.92 Å². The van der Waals surface area contributed by atoms with E-state index in [9.17, 15) is 9.18 Å². The van der Waals surface area contributed by atoms with Crippen molar-refractivity contribution in [3.05, 3.63) is 0 Å². The van der Waals surface area contributed by atoms with Crippen molar-refractivity contribution in [3.63, 3.8) is 0 Å². The molecule has 1 heterocycles. The van der Waals surface area contributed by atoms with Gasteiger partial charge < -0.3 is 9.80 Å². The number of likely N-dealkylation sites (tertiary alicyclic amines) is 1. The molecule has 1 saturated heterocycles. The highest BCUT2D eigenvalue weighted by atomic mass is 19.1. The molecule has 0 aromatic rings. The summed E-state index contributed by atoms with van der Waals surface area (Å²) in [5.41, 5.74) is 0. The fraction of sp³-hybridized carbons (Fsp3) is 0.889. The Balaban J connectivity index is 2.50. The van der Waals surface area contributed by atoms with Crippen molar-refractivity contribution in [3.8, 4) is 0 Å². The van der Waals surface area contributed by atoms with Gasteiger partial charge in [-0.1, -0.05) is 6.92 Å². The van der Waals surface area contributed by atoms with Crippen molar-refractivity contribution in [1.82, 2.24) is 9.80 Å². The molecule has 0 saturated carbocycles. The molecule has 1 aliphatic rings. The maximum atomic E-state index is 13.2. The van der Waals surface area contributed by atoms with Crippen molar-refractivity contribution in [2.45, 2.75) is 19.5 Å². The molecule has 0 spiro atoms. The Morgan fingerprint density at radius 2 is 2.15 bits per heavy atom. The Hall–Kier alpha value is -0.800. The molecule has 2 unspecified atom stereocenters. The normalized spacial score (nSPS) is 28.8. The Bertz CT molecular complexity index is 196. The number of halogens is 1. The molecule has 0 aliphatic carbocycles. The average molecular weight is 188 g/mol. The van der Waals surface area contributed by atoms with Gasteiger partial charge >= 0.3 is 6.03 Å². The van der Waals surface area contributed by atoms with Crippen LogP contribution in [0.15, 0.2) is 0 Å². The molecule has 3 nitrogen and oxygen atoms in total. The van der Waals surface area contributed by atoms with E-state index in [4.69, 9.17) is 0 Å². The van der Waals surface area contributed by atoms with Crippen molar-refractivity contribution in [2.75, 3.05) is 27.2 Å². The highest BCUT2D eigenvalue weighted by molar-refractivity contribution is 5.73. The maximum absolute atomic E-state index is 13.2. The lowest BCUT2D eigenvalue weighted by Gasteiger charge is -2.34. The van der Waals surface area contributed by atoms with E-state index in [1.54, 1.807) is 19.0 Å². The van der Waals surface area contributed by atoms with E-state index in [0.29, 0.717) is 6.54 Å². The number of nitrogens with zero attached hydrogens (tertiary/aromatic N) is 2. The molecule has 2 atom stereocenters. The number of rotatable bonds is 0. The second-order valence-corrected chi connectivity index (χ2v) is 3.90. The van der Waals surface area contributed by atoms with E-state index in [-0.39, 0.29) is 18.5 Å². The predicted molar refractivity (Wildman–Crippen MR) is 49.3 cm³/mol. The second-order valence-electron chi connectivity index (χ2n) is 3.90. The van der Waals surface area contributed by atoms with Crippen LogP contribution in [-0.2, 0) is 0 Å². The number of hydrogen-bond acceptors (Lipinski definition) is 1. The van der Waals surface area contributed by atoms with E-state index < -0.39 is 6.17 Å². The molecule has 0 bridgehead atoms. The van der Waals surface area contributed by atoms with Gasteiger partial charge in [-0.3, -0.25) is 0 Å². The van der Waals surface area contributed by atoms with Crippen LogP contribution in [0.4, 0.5) is 9.18 Å². The van der Waals surface area contributed by atoms with Crippen molar-refractivity contribution < 1.29 is 9.18 Å². The first-order valence-corrected chi connectivity index (χ1v) is 4.62. The van der Waals surface area contributed by atoms with E-state index in [1.165, 1.54) is 4.90 Å². The first kappa shape index (κ1) is 10.3. The number of amides is 2. The summed E-state index contributed by atoms with van der Waals surface area (Å²) in [5.74, 6) is 0.0891. The van der Waals surface area contributed by atoms with E-state index >= 15 is 0 Å². The van der Waals surface area contributed by atoms with E-state index in [2.05, 4.69) is 0 Å². The molecule has 0 N–H and O–H groups in total. The molecule has 1 fully saturated rings. The van der Waals surface area contributed by atoms with Crippen LogP contribution in [0.3, 0.4) is 0 Å². The van der Waals surface area contributed by atoms with Crippen LogP contribution in [0.2, 0.25) is 0 Å². The lowest BCUT2D eigenvalue weighted by molar-refractivity contribution is 0.0956. The molecule has 2 amide bonds. The van der Waals surface area contributed by atoms with Gasteiger partial charge in [0, 0.05) is 20.6 Å². The molecule has 0 radical (unpaired) electrons. The molecule has 0 aromatic heterocycles. The van der Waals surface area contributed by atoms with Gasteiger partial charge in [-0.15, -0.1) is 0 Å². The molecule has 13 heavy (non-hydrogen) atoms. The third-order valence-electron chi connectivity index (χ3n) is 2.52. The van der Waals surface area contributed by atoms with Crippen LogP contribution in [-0.4, -0.2) is 49.2 Å². The average Bonchev–Trinajstić information content (AvgIpc) is 2.08. The van der Waals surface area contributed by atoms with Gasteiger partial charge in [-0.25, -0.2) is 9.18 Å². The third-order valence-corrected chi connectivity index (χ3v) is 2.52. The number of hydrogen-bond donors (Lipinski definition) is 0. The van der Waals surface area contributed by atoms with Crippen LogP contribution in [0.5, 0.6) is 0 Å². The summed E-state index contributed by atoms with van der Waals surface area (Å²) < 4.78 is 13.2. The first-order chi connectivity index (χ1) is 6.02. The Labute approximate surface area is 78.5 Å². The summed E-state index contributed by atoms with van der Waals surface area (Å²) in [5, 5.41) is 0. The van der Waals surface area contributed by atoms with E-state index in [1.807, 2.05) is 6.92 Å². The molecule has 76 valence electrons. The number of urea groups is 1. The summed E-state index contributed by atoms with van der Waals surface area (Å²) in [6.07, 6.45) is -0.0987.